The van der Waals surface area contributed by atoms with Crippen molar-refractivity contribution >= 4 is 91.8 Å². The average molecular weight is 1500 g/mol. The highest BCUT2D eigenvalue weighted by atomic mass is 32.2. The van der Waals surface area contributed by atoms with Crippen molar-refractivity contribution in [3.8, 4) is 0 Å². The summed E-state index contributed by atoms with van der Waals surface area (Å²) in [5.41, 5.74) is 19.0. The molecule has 1 aromatic heterocycles. The number of unbranched alkanes of at least 4 members (excludes halogenated alkanes) is 4. The lowest BCUT2D eigenvalue weighted by Gasteiger charge is -2.31. The van der Waals surface area contributed by atoms with Crippen molar-refractivity contribution in [3.63, 3.8) is 0 Å². The third kappa shape index (κ3) is 30.5. The van der Waals surface area contributed by atoms with Gasteiger partial charge in [-0.25, -0.2) is 8.42 Å². The maximum absolute atomic E-state index is 15.0. The zero-order valence-electron chi connectivity index (χ0n) is 63.6. The highest BCUT2D eigenvalue weighted by molar-refractivity contribution is 7.88. The lowest BCUT2D eigenvalue weighted by Crippen LogP contribution is -2.61. The standard InChI is InChI=1S/C72H123N17O15S/c1-12-13-25-53-67(96)86-62(46(8)9)71(100)87-61(45(6)7)70(99)78-47(10)63(92)85-58(38-48-39-77-51-26-15-14-24-50(48)51)72(101)89-34-22-23-49(89)41-104-42-60(91)80-54(28-17-20-31-74)65(94)83-57(37-44(4)5)69(98)82-55(29-18-21-32-75)66(95)84-56(36-43(2)3)68(97)81-52(27-16-19-30-73)64(93)76-33-35-88(105(11,102)103)40-59(90)79-53/h14-15,24,26,39,43-47,49,52-58,61-62,77H,12-13,16-23,25,27-38,40-42,73-75H2,1-11H3,(H,76,93)(H,78,99)(H,79,90)(H,80,91)(H,81,97)(H,82,98)(H,83,94)(H,84,95)(H,85,92)(H,86,96)(H,87,100)/t47-,49+,52-,53-,54-,55-,56-,57-,58-,61-,62-/m0/s1. The fourth-order valence-corrected chi connectivity index (χ4v) is 13.4. The Morgan fingerprint density at radius 2 is 0.981 bits per heavy atom. The summed E-state index contributed by atoms with van der Waals surface area (Å²) >= 11 is 0. The van der Waals surface area contributed by atoms with Crippen molar-refractivity contribution in [2.24, 2.45) is 40.9 Å². The number of carbonyl (C=O) groups excluding carboxylic acids is 12. The van der Waals surface area contributed by atoms with Crippen molar-refractivity contribution in [2.45, 2.75) is 245 Å². The molecule has 2 aliphatic heterocycles. The maximum Gasteiger partial charge on any atom is 0.246 e. The monoisotopic (exact) mass is 1500 g/mol. The van der Waals surface area contributed by atoms with E-state index >= 15 is 0 Å². The molecule has 12 amide bonds. The number of rotatable bonds is 24. The van der Waals surface area contributed by atoms with E-state index in [-0.39, 0.29) is 89.6 Å². The van der Waals surface area contributed by atoms with Crippen LogP contribution < -0.4 is 75.7 Å². The second-order valence-corrected chi connectivity index (χ2v) is 31.3. The first-order valence-electron chi connectivity index (χ1n) is 37.5. The Morgan fingerprint density at radius 3 is 1.50 bits per heavy atom. The molecule has 2 fully saturated rings. The highest BCUT2D eigenvalue weighted by Crippen LogP contribution is 2.24. The van der Waals surface area contributed by atoms with Crippen LogP contribution in [0.5, 0.6) is 0 Å². The molecule has 0 unspecified atom stereocenters. The van der Waals surface area contributed by atoms with Gasteiger partial charge in [0.05, 0.1) is 25.4 Å². The largest absolute Gasteiger partial charge is 0.370 e. The summed E-state index contributed by atoms with van der Waals surface area (Å²) in [5, 5.41) is 31.1. The van der Waals surface area contributed by atoms with Gasteiger partial charge in [0.2, 0.25) is 80.9 Å². The number of nitrogens with one attached hydrogen (secondary N) is 12. The first-order valence-corrected chi connectivity index (χ1v) is 39.4. The van der Waals surface area contributed by atoms with Crippen LogP contribution in [-0.4, -0.2) is 225 Å². The second kappa shape index (κ2) is 45.6. The summed E-state index contributed by atoms with van der Waals surface area (Å²) < 4.78 is 33.4. The third-order valence-electron chi connectivity index (χ3n) is 18.5. The van der Waals surface area contributed by atoms with E-state index in [1.165, 1.54) is 6.92 Å². The van der Waals surface area contributed by atoms with Gasteiger partial charge in [0, 0.05) is 43.2 Å². The van der Waals surface area contributed by atoms with Gasteiger partial charge in [0.25, 0.3) is 0 Å². The molecule has 2 aromatic rings. The fraction of sp³-hybridized carbons (Fsp3) is 0.722. The lowest BCUT2D eigenvalue weighted by molar-refractivity contribution is -0.139. The van der Waals surface area contributed by atoms with E-state index < -0.39 is 179 Å². The van der Waals surface area contributed by atoms with Crippen LogP contribution in [0, 0.1) is 23.7 Å². The predicted molar refractivity (Wildman–Crippen MR) is 399 cm³/mol. The van der Waals surface area contributed by atoms with Crippen LogP contribution in [0.1, 0.15) is 178 Å². The number of nitrogens with zero attached hydrogens (tertiary/aromatic N) is 2. The Hall–Kier alpha value is -7.85. The lowest BCUT2D eigenvalue weighted by atomic mass is 9.98. The molecule has 2 aliphatic rings. The molecule has 11 atom stereocenters. The van der Waals surface area contributed by atoms with Crippen LogP contribution >= 0.6 is 0 Å². The average Bonchev–Trinajstić information content (AvgIpc) is 1.86. The van der Waals surface area contributed by atoms with Gasteiger partial charge in [0.1, 0.15) is 67.0 Å². The van der Waals surface area contributed by atoms with Gasteiger partial charge < -0.3 is 90.3 Å². The molecule has 3 heterocycles. The molecular formula is C72H123N17O15S. The van der Waals surface area contributed by atoms with E-state index in [4.69, 9.17) is 21.9 Å². The molecular weight excluding hydrogens is 1370 g/mol. The molecule has 592 valence electrons. The van der Waals surface area contributed by atoms with E-state index in [9.17, 15) is 66.0 Å². The van der Waals surface area contributed by atoms with Gasteiger partial charge in [-0.3, -0.25) is 57.5 Å². The van der Waals surface area contributed by atoms with Crippen LogP contribution in [0.3, 0.4) is 0 Å². The molecule has 2 saturated heterocycles. The van der Waals surface area contributed by atoms with Gasteiger partial charge >= 0.3 is 0 Å². The summed E-state index contributed by atoms with van der Waals surface area (Å²) in [6.45, 7) is 16.1. The topological polar surface area (TPSA) is 481 Å². The van der Waals surface area contributed by atoms with E-state index in [2.05, 4.69) is 63.5 Å². The van der Waals surface area contributed by atoms with Crippen LogP contribution in [0.4, 0.5) is 0 Å². The molecule has 0 saturated carbocycles. The van der Waals surface area contributed by atoms with Gasteiger partial charge in [0.15, 0.2) is 0 Å². The van der Waals surface area contributed by atoms with Crippen LogP contribution in [0.15, 0.2) is 30.5 Å². The molecule has 18 N–H and O–H groups in total. The maximum atomic E-state index is 15.0. The summed E-state index contributed by atoms with van der Waals surface area (Å²) in [7, 11) is -4.18. The molecule has 1 aromatic carbocycles. The minimum Gasteiger partial charge on any atom is -0.370 e. The number of H-pyrrole nitrogens is 1. The Kier molecular flexibility index (Phi) is 38.9. The first-order chi connectivity index (χ1) is 49.7. The van der Waals surface area contributed by atoms with Crippen LogP contribution in [0.25, 0.3) is 10.9 Å². The van der Waals surface area contributed by atoms with Crippen molar-refractivity contribution in [2.75, 3.05) is 65.3 Å². The van der Waals surface area contributed by atoms with Crippen molar-refractivity contribution in [3.05, 3.63) is 36.0 Å². The Balaban J connectivity index is 1.77. The van der Waals surface area contributed by atoms with E-state index in [1.54, 1.807) is 38.8 Å². The van der Waals surface area contributed by atoms with Crippen molar-refractivity contribution in [1.29, 1.82) is 0 Å². The van der Waals surface area contributed by atoms with E-state index in [0.29, 0.717) is 76.3 Å². The second-order valence-electron chi connectivity index (χ2n) is 29.3. The number of aromatic nitrogens is 1. The number of para-hydroxylation sites is 1. The molecule has 0 radical (unpaired) electrons. The first kappa shape index (κ1) is 89.5. The van der Waals surface area contributed by atoms with Gasteiger partial charge in [-0.1, -0.05) is 93.4 Å². The summed E-state index contributed by atoms with van der Waals surface area (Å²) in [6, 6.07) is -5.55. The van der Waals surface area contributed by atoms with Crippen molar-refractivity contribution < 1.29 is 70.7 Å². The molecule has 33 heteroatoms. The van der Waals surface area contributed by atoms with Crippen LogP contribution in [-0.2, 0) is 78.7 Å². The molecule has 4 rings (SSSR count). The molecule has 0 spiro atoms. The molecule has 32 nitrogen and oxygen atoms in total. The van der Waals surface area contributed by atoms with E-state index in [1.807, 2.05) is 58.9 Å². The smallest absolute Gasteiger partial charge is 0.246 e. The Morgan fingerprint density at radius 1 is 0.524 bits per heavy atom. The third-order valence-corrected chi connectivity index (χ3v) is 19.8. The molecule has 105 heavy (non-hydrogen) atoms. The van der Waals surface area contributed by atoms with Crippen molar-refractivity contribution in [1.82, 2.24) is 72.7 Å². The number of nitrogens with two attached hydrogens (primary N) is 3. The summed E-state index contributed by atoms with van der Waals surface area (Å²) in [6.07, 6.45) is 7.78. The Labute approximate surface area is 619 Å². The van der Waals surface area contributed by atoms with Gasteiger partial charge in [-0.15, -0.1) is 0 Å². The molecule has 0 aliphatic carbocycles. The number of carbonyl (C=O) groups is 12. The number of sulfonamides is 1. The predicted octanol–water partition coefficient (Wildman–Crippen LogP) is -0.0413. The zero-order chi connectivity index (χ0) is 78.1. The SMILES string of the molecule is CCCC[C@@H]1NC(=O)CN(S(C)(=O)=O)CCNC(=O)[C@H](CCCCN)NC(=O)[C@H](CC(C)C)NC(=O)[C@H](CCCCN)NC(=O)[C@H](CC(C)C)NC(=O)[C@H](CCCCN)NC(=O)COC[C@H]2CCCN2C(=O)[C@H](Cc2c[nH]c3ccccc23)NC(=O)[C@H](C)NC(=O)[C@H](C(C)C)NC(=O)[C@H](C(C)C)NC1=O. The summed E-state index contributed by atoms with van der Waals surface area (Å²) in [4.78, 5) is 177. The number of aromatic amines is 1. The van der Waals surface area contributed by atoms with Gasteiger partial charge in [-0.2, -0.15) is 4.31 Å². The minimum absolute atomic E-state index is 0.0196. The quantitative estimate of drug-likeness (QED) is 0.0613. The number of hydrogen-bond acceptors (Lipinski definition) is 18. The zero-order valence-corrected chi connectivity index (χ0v) is 64.4. The number of ether oxygens (including phenoxy) is 1. The summed E-state index contributed by atoms with van der Waals surface area (Å²) in [5.74, 6) is -10.2. The van der Waals surface area contributed by atoms with Gasteiger partial charge in [-0.05, 0) is 152 Å². The number of benzene rings is 1. The normalized spacial score (nSPS) is 25.2. The Bertz CT molecular complexity index is 3300. The number of amides is 12. The number of fused-ring (bicyclic) bond motifs is 2. The molecule has 0 bridgehead atoms. The minimum atomic E-state index is -4.18. The van der Waals surface area contributed by atoms with E-state index in [0.717, 1.165) is 21.5 Å². The number of hydrogen-bond donors (Lipinski definition) is 15. The van der Waals surface area contributed by atoms with Crippen LogP contribution in [0.2, 0.25) is 0 Å². The highest BCUT2D eigenvalue weighted by Gasteiger charge is 2.39. The fourth-order valence-electron chi connectivity index (χ4n) is 12.6.